The summed E-state index contributed by atoms with van der Waals surface area (Å²) in [6.07, 6.45) is 0.936. The van der Waals surface area contributed by atoms with Gasteiger partial charge in [-0.2, -0.15) is 0 Å². The van der Waals surface area contributed by atoms with E-state index in [4.69, 9.17) is 11.1 Å². The van der Waals surface area contributed by atoms with Gasteiger partial charge in [0.25, 0.3) is 0 Å². The molecule has 0 aliphatic rings. The highest BCUT2D eigenvalue weighted by Gasteiger charge is 2.08. The number of hydrogen-bond acceptors (Lipinski definition) is 2. The van der Waals surface area contributed by atoms with Gasteiger partial charge in [0, 0.05) is 16.6 Å². The van der Waals surface area contributed by atoms with Crippen LogP contribution in [-0.2, 0) is 6.42 Å². The highest BCUT2D eigenvalue weighted by atomic mass is 14.7. The van der Waals surface area contributed by atoms with Crippen molar-refractivity contribution in [1.29, 1.82) is 5.41 Å². The Kier molecular flexibility index (Phi) is 2.60. The molecule has 3 N–H and O–H groups in total. The number of nitrogens with one attached hydrogen (secondary N) is 1. The maximum Gasteiger partial charge on any atom is 0.123 e. The maximum atomic E-state index is 7.59. The molecule has 82 valence electrons. The number of hydrogen-bond donors (Lipinski definition) is 2. The zero-order chi connectivity index (χ0) is 11.7. The van der Waals surface area contributed by atoms with E-state index >= 15 is 0 Å². The van der Waals surface area contributed by atoms with Crippen molar-refractivity contribution in [3.05, 3.63) is 41.1 Å². The molecule has 3 nitrogen and oxygen atoms in total. The molecule has 3 heteroatoms. The van der Waals surface area contributed by atoms with Gasteiger partial charge in [-0.3, -0.25) is 10.4 Å². The van der Waals surface area contributed by atoms with Crippen molar-refractivity contribution in [3.63, 3.8) is 0 Å². The van der Waals surface area contributed by atoms with E-state index < -0.39 is 0 Å². The van der Waals surface area contributed by atoms with E-state index in [0.29, 0.717) is 0 Å². The van der Waals surface area contributed by atoms with Crippen LogP contribution in [0.2, 0.25) is 0 Å². The quantitative estimate of drug-likeness (QED) is 0.594. The molecule has 0 amide bonds. The van der Waals surface area contributed by atoms with Gasteiger partial charge in [0.05, 0.1) is 5.52 Å². The normalized spacial score (nSPS) is 10.6. The Balaban J connectivity index is 2.88. The lowest BCUT2D eigenvalue weighted by molar-refractivity contribution is 1.13. The molecule has 0 saturated carbocycles. The summed E-state index contributed by atoms with van der Waals surface area (Å²) in [6, 6.07) is 7.89. The van der Waals surface area contributed by atoms with Crippen LogP contribution in [0.4, 0.5) is 0 Å². The van der Waals surface area contributed by atoms with Gasteiger partial charge >= 0.3 is 0 Å². The van der Waals surface area contributed by atoms with Crippen LogP contribution in [0, 0.1) is 12.3 Å². The van der Waals surface area contributed by atoms with Crippen LogP contribution in [0.5, 0.6) is 0 Å². The third-order valence-electron chi connectivity index (χ3n) is 2.72. The second kappa shape index (κ2) is 3.93. The molecule has 0 radical (unpaired) electrons. The lowest BCUT2D eigenvalue weighted by Crippen LogP contribution is -2.12. The molecule has 16 heavy (non-hydrogen) atoms. The van der Waals surface area contributed by atoms with Gasteiger partial charge in [0.2, 0.25) is 0 Å². The smallest absolute Gasteiger partial charge is 0.123 e. The van der Waals surface area contributed by atoms with Crippen molar-refractivity contribution in [1.82, 2.24) is 4.98 Å². The van der Waals surface area contributed by atoms with Crippen LogP contribution in [0.15, 0.2) is 24.3 Å². The predicted octanol–water partition coefficient (Wildman–Crippen LogP) is 2.39. The van der Waals surface area contributed by atoms with Crippen molar-refractivity contribution in [2.45, 2.75) is 20.3 Å². The van der Waals surface area contributed by atoms with Crippen LogP contribution >= 0.6 is 0 Å². The highest BCUT2D eigenvalue weighted by Crippen LogP contribution is 2.21. The third kappa shape index (κ3) is 1.65. The predicted molar refractivity (Wildman–Crippen MR) is 66.9 cm³/mol. The second-order valence-electron chi connectivity index (χ2n) is 3.89. The summed E-state index contributed by atoms with van der Waals surface area (Å²) in [4.78, 5) is 4.54. The van der Waals surface area contributed by atoms with Gasteiger partial charge in [-0.1, -0.05) is 25.1 Å². The lowest BCUT2D eigenvalue weighted by Gasteiger charge is -2.09. The third-order valence-corrected chi connectivity index (χ3v) is 2.72. The number of amidine groups is 1. The van der Waals surface area contributed by atoms with E-state index in [1.807, 2.05) is 25.1 Å². The van der Waals surface area contributed by atoms with Crippen molar-refractivity contribution < 1.29 is 0 Å². The number of pyridine rings is 1. The summed E-state index contributed by atoms with van der Waals surface area (Å²) in [5.41, 5.74) is 9.44. The number of rotatable bonds is 2. The molecule has 0 fully saturated rings. The molecule has 0 bridgehead atoms. The maximum absolute atomic E-state index is 7.59. The highest BCUT2D eigenvalue weighted by molar-refractivity contribution is 6.07. The summed E-state index contributed by atoms with van der Waals surface area (Å²) in [6.45, 7) is 4.03. The SMILES string of the molecule is CCc1cccc2c(C(=N)N)cc(C)nc12. The zero-order valence-electron chi connectivity index (χ0n) is 9.54. The van der Waals surface area contributed by atoms with Gasteiger partial charge in [-0.15, -0.1) is 0 Å². The van der Waals surface area contributed by atoms with Crippen LogP contribution in [0.3, 0.4) is 0 Å². The summed E-state index contributed by atoms with van der Waals surface area (Å²) in [7, 11) is 0. The Labute approximate surface area is 94.8 Å². The fourth-order valence-electron chi connectivity index (χ4n) is 1.94. The molecule has 0 aliphatic heterocycles. The summed E-state index contributed by atoms with van der Waals surface area (Å²) in [5.74, 6) is 0.101. The number of nitrogen functional groups attached to an aromatic ring is 1. The topological polar surface area (TPSA) is 62.8 Å². The summed E-state index contributed by atoms with van der Waals surface area (Å²) in [5, 5.41) is 8.56. The van der Waals surface area contributed by atoms with Gasteiger partial charge in [-0.05, 0) is 25.0 Å². The molecule has 0 atom stereocenters. The van der Waals surface area contributed by atoms with Crippen molar-refractivity contribution in [3.8, 4) is 0 Å². The Morgan fingerprint density at radius 2 is 2.19 bits per heavy atom. The molecule has 0 unspecified atom stereocenters. The number of benzene rings is 1. The standard InChI is InChI=1S/C13H15N3/c1-3-9-5-4-6-10-11(13(14)15)7-8(2)16-12(9)10/h4-7H,3H2,1-2H3,(H3,14,15). The molecular weight excluding hydrogens is 198 g/mol. The number of aryl methyl sites for hydroxylation is 2. The number of aromatic nitrogens is 1. The first kappa shape index (κ1) is 10.6. The largest absolute Gasteiger partial charge is 0.384 e. The van der Waals surface area contributed by atoms with Crippen molar-refractivity contribution in [2.75, 3.05) is 0 Å². The average Bonchev–Trinajstić information content (AvgIpc) is 2.27. The van der Waals surface area contributed by atoms with E-state index in [0.717, 1.165) is 28.6 Å². The molecule has 1 aromatic carbocycles. The van der Waals surface area contributed by atoms with E-state index in [9.17, 15) is 0 Å². The van der Waals surface area contributed by atoms with Gasteiger partial charge in [0.1, 0.15) is 5.84 Å². The monoisotopic (exact) mass is 213 g/mol. The average molecular weight is 213 g/mol. The summed E-state index contributed by atoms with van der Waals surface area (Å²) >= 11 is 0. The fourth-order valence-corrected chi connectivity index (χ4v) is 1.94. The minimum atomic E-state index is 0.101. The first-order chi connectivity index (χ1) is 7.63. The van der Waals surface area contributed by atoms with Crippen molar-refractivity contribution in [2.24, 2.45) is 5.73 Å². The molecule has 0 aliphatic carbocycles. The molecule has 0 spiro atoms. The van der Waals surface area contributed by atoms with Crippen molar-refractivity contribution >= 4 is 16.7 Å². The number of nitrogens with two attached hydrogens (primary N) is 1. The number of para-hydroxylation sites is 1. The molecular formula is C13H15N3. The van der Waals surface area contributed by atoms with E-state index in [-0.39, 0.29) is 5.84 Å². The van der Waals surface area contributed by atoms with E-state index in [1.54, 1.807) is 0 Å². The van der Waals surface area contributed by atoms with E-state index in [1.165, 1.54) is 5.56 Å². The Morgan fingerprint density at radius 1 is 1.44 bits per heavy atom. The van der Waals surface area contributed by atoms with Gasteiger partial charge < -0.3 is 5.73 Å². The Hall–Kier alpha value is -1.90. The van der Waals surface area contributed by atoms with Gasteiger partial charge in [-0.25, -0.2) is 0 Å². The first-order valence-electron chi connectivity index (χ1n) is 5.37. The molecule has 0 saturated heterocycles. The second-order valence-corrected chi connectivity index (χ2v) is 3.89. The molecule has 1 heterocycles. The Morgan fingerprint density at radius 3 is 2.81 bits per heavy atom. The molecule has 2 rings (SSSR count). The Bertz CT molecular complexity index is 558. The lowest BCUT2D eigenvalue weighted by atomic mass is 10.0. The minimum absolute atomic E-state index is 0.101. The fraction of sp³-hybridized carbons (Fsp3) is 0.231. The number of fused-ring (bicyclic) bond motifs is 1. The van der Waals surface area contributed by atoms with E-state index in [2.05, 4.69) is 18.0 Å². The van der Waals surface area contributed by atoms with Crippen LogP contribution < -0.4 is 5.73 Å². The first-order valence-corrected chi connectivity index (χ1v) is 5.37. The summed E-state index contributed by atoms with van der Waals surface area (Å²) < 4.78 is 0. The molecule has 2 aromatic rings. The number of nitrogens with zero attached hydrogens (tertiary/aromatic N) is 1. The van der Waals surface area contributed by atoms with Crippen LogP contribution in [0.1, 0.15) is 23.7 Å². The van der Waals surface area contributed by atoms with Crippen LogP contribution in [0.25, 0.3) is 10.9 Å². The zero-order valence-corrected chi connectivity index (χ0v) is 9.54. The van der Waals surface area contributed by atoms with Gasteiger partial charge in [0.15, 0.2) is 0 Å². The van der Waals surface area contributed by atoms with Crippen LogP contribution in [-0.4, -0.2) is 10.8 Å². The minimum Gasteiger partial charge on any atom is -0.384 e. The molecule has 1 aromatic heterocycles.